The monoisotopic (exact) mass is 303 g/mol. The van der Waals surface area contributed by atoms with Gasteiger partial charge in [0, 0.05) is 20.1 Å². The van der Waals surface area contributed by atoms with Gasteiger partial charge < -0.3 is 15.4 Å². The van der Waals surface area contributed by atoms with E-state index in [9.17, 15) is 13.2 Å². The van der Waals surface area contributed by atoms with Crippen molar-refractivity contribution >= 4 is 5.96 Å². The van der Waals surface area contributed by atoms with Crippen LogP contribution in [0.5, 0.6) is 0 Å². The SMILES string of the molecule is CN=C(NCCOCc1ccccc1)NCCC(F)(F)F. The Balaban J connectivity index is 2.10. The van der Waals surface area contributed by atoms with Crippen molar-refractivity contribution in [1.29, 1.82) is 0 Å². The number of hydrogen-bond donors (Lipinski definition) is 2. The van der Waals surface area contributed by atoms with Crippen LogP contribution in [0, 0.1) is 0 Å². The number of nitrogens with one attached hydrogen (secondary N) is 2. The van der Waals surface area contributed by atoms with Crippen LogP contribution in [-0.4, -0.2) is 38.9 Å². The fraction of sp³-hybridized carbons (Fsp3) is 0.500. The zero-order valence-corrected chi connectivity index (χ0v) is 11.9. The molecule has 0 unspecified atom stereocenters. The first-order valence-electron chi connectivity index (χ1n) is 6.64. The maximum absolute atomic E-state index is 12.0. The zero-order valence-electron chi connectivity index (χ0n) is 11.9. The van der Waals surface area contributed by atoms with Crippen LogP contribution in [0.15, 0.2) is 35.3 Å². The van der Waals surface area contributed by atoms with Gasteiger partial charge in [0.2, 0.25) is 0 Å². The van der Waals surface area contributed by atoms with Crippen molar-refractivity contribution in [1.82, 2.24) is 10.6 Å². The summed E-state index contributed by atoms with van der Waals surface area (Å²) in [5.41, 5.74) is 1.07. The Kier molecular flexibility index (Phi) is 7.60. The fourth-order valence-corrected chi connectivity index (χ4v) is 1.55. The molecule has 0 aromatic heterocycles. The van der Waals surface area contributed by atoms with Crippen molar-refractivity contribution in [3.05, 3.63) is 35.9 Å². The largest absolute Gasteiger partial charge is 0.390 e. The number of alkyl halides is 3. The highest BCUT2D eigenvalue weighted by Crippen LogP contribution is 2.17. The Morgan fingerprint density at radius 2 is 1.81 bits per heavy atom. The molecule has 7 heteroatoms. The van der Waals surface area contributed by atoms with Crippen molar-refractivity contribution < 1.29 is 17.9 Å². The quantitative estimate of drug-likeness (QED) is 0.462. The normalized spacial score (nSPS) is 12.3. The highest BCUT2D eigenvalue weighted by atomic mass is 19.4. The Bertz CT molecular complexity index is 421. The van der Waals surface area contributed by atoms with E-state index in [4.69, 9.17) is 4.74 Å². The summed E-state index contributed by atoms with van der Waals surface area (Å²) in [6.45, 7) is 1.21. The summed E-state index contributed by atoms with van der Waals surface area (Å²) >= 11 is 0. The lowest BCUT2D eigenvalue weighted by atomic mass is 10.2. The van der Waals surface area contributed by atoms with Crippen molar-refractivity contribution in [2.75, 3.05) is 26.7 Å². The van der Waals surface area contributed by atoms with Crippen LogP contribution in [0.25, 0.3) is 0 Å². The molecule has 2 N–H and O–H groups in total. The summed E-state index contributed by atoms with van der Waals surface area (Å²) in [5, 5.41) is 5.49. The van der Waals surface area contributed by atoms with Crippen LogP contribution in [0.1, 0.15) is 12.0 Å². The van der Waals surface area contributed by atoms with Gasteiger partial charge in [-0.2, -0.15) is 13.2 Å². The van der Waals surface area contributed by atoms with Gasteiger partial charge in [-0.3, -0.25) is 4.99 Å². The van der Waals surface area contributed by atoms with Gasteiger partial charge in [-0.25, -0.2) is 0 Å². The number of hydrogen-bond acceptors (Lipinski definition) is 2. The molecule has 0 radical (unpaired) electrons. The third kappa shape index (κ3) is 8.91. The first-order chi connectivity index (χ1) is 10.0. The maximum Gasteiger partial charge on any atom is 0.390 e. The Morgan fingerprint density at radius 1 is 1.14 bits per heavy atom. The molecule has 21 heavy (non-hydrogen) atoms. The van der Waals surface area contributed by atoms with Crippen molar-refractivity contribution in [2.45, 2.75) is 19.2 Å². The number of ether oxygens (including phenoxy) is 1. The van der Waals surface area contributed by atoms with Crippen LogP contribution in [0.4, 0.5) is 13.2 Å². The lowest BCUT2D eigenvalue weighted by molar-refractivity contribution is -0.132. The fourth-order valence-electron chi connectivity index (χ4n) is 1.55. The molecule has 1 aromatic carbocycles. The molecule has 1 aromatic rings. The van der Waals surface area contributed by atoms with Gasteiger partial charge >= 0.3 is 6.18 Å². The second-order valence-corrected chi connectivity index (χ2v) is 4.33. The summed E-state index contributed by atoms with van der Waals surface area (Å²) in [6, 6.07) is 9.73. The molecule has 0 saturated heterocycles. The summed E-state index contributed by atoms with van der Waals surface area (Å²) < 4.78 is 41.5. The number of benzene rings is 1. The highest BCUT2D eigenvalue weighted by Gasteiger charge is 2.26. The van der Waals surface area contributed by atoms with Crippen molar-refractivity contribution in [3.63, 3.8) is 0 Å². The summed E-state index contributed by atoms with van der Waals surface area (Å²) in [4.78, 5) is 3.83. The molecular formula is C14H20F3N3O. The molecule has 1 rings (SSSR count). The predicted octanol–water partition coefficient (Wildman–Crippen LogP) is 2.32. The molecular weight excluding hydrogens is 283 g/mol. The Labute approximate surface area is 122 Å². The van der Waals surface area contributed by atoms with E-state index in [0.717, 1.165) is 5.56 Å². The molecule has 0 aliphatic carbocycles. The average Bonchev–Trinajstić information content (AvgIpc) is 2.45. The van der Waals surface area contributed by atoms with E-state index < -0.39 is 12.6 Å². The molecule has 0 aliphatic rings. The molecule has 0 aliphatic heterocycles. The minimum Gasteiger partial charge on any atom is -0.375 e. The molecule has 0 spiro atoms. The van der Waals surface area contributed by atoms with Crippen LogP contribution in [-0.2, 0) is 11.3 Å². The maximum atomic E-state index is 12.0. The molecule has 0 heterocycles. The number of guanidine groups is 1. The van der Waals surface area contributed by atoms with Crippen LogP contribution >= 0.6 is 0 Å². The number of halogens is 3. The molecule has 118 valence electrons. The predicted molar refractivity (Wildman–Crippen MR) is 76.1 cm³/mol. The third-order valence-corrected chi connectivity index (χ3v) is 2.57. The Morgan fingerprint density at radius 3 is 2.43 bits per heavy atom. The summed E-state index contributed by atoms with van der Waals surface area (Å²) in [6.07, 6.45) is -5.05. The van der Waals surface area contributed by atoms with E-state index in [1.165, 1.54) is 7.05 Å². The second kappa shape index (κ2) is 9.23. The standard InChI is InChI=1S/C14H20F3N3O/c1-18-13(19-8-7-14(15,16)17)20-9-10-21-11-12-5-3-2-4-6-12/h2-6H,7-11H2,1H3,(H2,18,19,20). The van der Waals surface area contributed by atoms with Gasteiger partial charge in [0.05, 0.1) is 19.6 Å². The van der Waals surface area contributed by atoms with Gasteiger partial charge in [-0.15, -0.1) is 0 Å². The van der Waals surface area contributed by atoms with Gasteiger partial charge in [-0.05, 0) is 5.56 Å². The minimum absolute atomic E-state index is 0.200. The van der Waals surface area contributed by atoms with E-state index in [0.29, 0.717) is 25.7 Å². The minimum atomic E-state index is -4.16. The second-order valence-electron chi connectivity index (χ2n) is 4.33. The first-order valence-corrected chi connectivity index (χ1v) is 6.64. The smallest absolute Gasteiger partial charge is 0.375 e. The topological polar surface area (TPSA) is 45.7 Å². The first kappa shape index (κ1) is 17.3. The van der Waals surface area contributed by atoms with Gasteiger partial charge in [0.1, 0.15) is 0 Å². The molecule has 0 amide bonds. The van der Waals surface area contributed by atoms with E-state index in [-0.39, 0.29) is 6.54 Å². The van der Waals surface area contributed by atoms with Crippen LogP contribution in [0.2, 0.25) is 0 Å². The van der Waals surface area contributed by atoms with Crippen LogP contribution < -0.4 is 10.6 Å². The van der Waals surface area contributed by atoms with Gasteiger partial charge in [-0.1, -0.05) is 30.3 Å². The van der Waals surface area contributed by atoms with E-state index in [1.54, 1.807) is 0 Å². The lowest BCUT2D eigenvalue weighted by Crippen LogP contribution is -2.40. The van der Waals surface area contributed by atoms with Crippen LogP contribution in [0.3, 0.4) is 0 Å². The van der Waals surface area contributed by atoms with Crippen molar-refractivity contribution in [3.8, 4) is 0 Å². The molecule has 4 nitrogen and oxygen atoms in total. The number of nitrogens with zero attached hydrogens (tertiary/aromatic N) is 1. The Hall–Kier alpha value is -1.76. The average molecular weight is 303 g/mol. The number of aliphatic imine (C=N–C) groups is 1. The summed E-state index contributed by atoms with van der Waals surface area (Å²) in [5.74, 6) is 0.336. The van der Waals surface area contributed by atoms with Gasteiger partial charge in [0.25, 0.3) is 0 Å². The lowest BCUT2D eigenvalue weighted by Gasteiger charge is -2.13. The molecule has 0 atom stereocenters. The van der Waals surface area contributed by atoms with E-state index in [1.807, 2.05) is 30.3 Å². The van der Waals surface area contributed by atoms with Crippen molar-refractivity contribution in [2.24, 2.45) is 4.99 Å². The van der Waals surface area contributed by atoms with E-state index in [2.05, 4.69) is 15.6 Å². The molecule has 0 fully saturated rings. The van der Waals surface area contributed by atoms with Gasteiger partial charge in [0.15, 0.2) is 5.96 Å². The highest BCUT2D eigenvalue weighted by molar-refractivity contribution is 5.79. The third-order valence-electron chi connectivity index (χ3n) is 2.57. The number of rotatable bonds is 7. The van der Waals surface area contributed by atoms with E-state index >= 15 is 0 Å². The zero-order chi connectivity index (χ0) is 15.6. The summed E-state index contributed by atoms with van der Waals surface area (Å²) in [7, 11) is 1.51. The molecule has 0 saturated carbocycles. The molecule has 0 bridgehead atoms.